The van der Waals surface area contributed by atoms with Crippen molar-refractivity contribution >= 4 is 11.6 Å². The van der Waals surface area contributed by atoms with Crippen molar-refractivity contribution in [3.8, 4) is 17.3 Å². The summed E-state index contributed by atoms with van der Waals surface area (Å²) in [7, 11) is 0. The number of aromatic amines is 1. The van der Waals surface area contributed by atoms with Crippen LogP contribution in [0.2, 0.25) is 0 Å². The SMILES string of the molecule is CC1CC(=O)C2=C(C1)N(c1cc(-c3ccccc3)[nH]n1)C(N)=C(C#N)C2c1cccc(F)c1. The molecule has 2 unspecified atom stereocenters. The fourth-order valence-electron chi connectivity index (χ4n) is 4.79. The number of hydrogen-bond acceptors (Lipinski definition) is 5. The lowest BCUT2D eigenvalue weighted by Crippen LogP contribution is -2.40. The monoisotopic (exact) mass is 439 g/mol. The van der Waals surface area contributed by atoms with Crippen LogP contribution < -0.4 is 10.6 Å². The number of H-pyrrole nitrogens is 1. The molecule has 0 bridgehead atoms. The molecule has 0 spiro atoms. The number of ketones is 1. The number of rotatable bonds is 3. The summed E-state index contributed by atoms with van der Waals surface area (Å²) in [6.45, 7) is 2.01. The normalized spacial score (nSPS) is 20.6. The van der Waals surface area contributed by atoms with Crippen molar-refractivity contribution in [2.75, 3.05) is 4.90 Å². The molecule has 5 rings (SSSR count). The number of nitriles is 1. The molecular formula is C26H22FN5O. The molecule has 6 nitrogen and oxygen atoms in total. The smallest absolute Gasteiger partial charge is 0.161 e. The number of benzene rings is 2. The Hall–Kier alpha value is -4.18. The van der Waals surface area contributed by atoms with Gasteiger partial charge >= 0.3 is 0 Å². The number of aromatic nitrogens is 2. The summed E-state index contributed by atoms with van der Waals surface area (Å²) in [5.41, 5.74) is 10.3. The zero-order chi connectivity index (χ0) is 23.1. The molecule has 2 heterocycles. The molecule has 33 heavy (non-hydrogen) atoms. The van der Waals surface area contributed by atoms with E-state index in [1.165, 1.54) is 12.1 Å². The number of nitrogens with zero attached hydrogens (tertiary/aromatic N) is 3. The minimum Gasteiger partial charge on any atom is -0.384 e. The molecule has 0 saturated carbocycles. The van der Waals surface area contributed by atoms with Crippen LogP contribution in [0, 0.1) is 23.1 Å². The average Bonchev–Trinajstić information content (AvgIpc) is 3.28. The van der Waals surface area contributed by atoms with Gasteiger partial charge in [0.2, 0.25) is 0 Å². The van der Waals surface area contributed by atoms with E-state index in [0.29, 0.717) is 29.8 Å². The second-order valence-corrected chi connectivity index (χ2v) is 8.54. The molecule has 0 radical (unpaired) electrons. The third kappa shape index (κ3) is 3.50. The molecule has 0 amide bonds. The first kappa shape index (κ1) is 20.7. The fraction of sp³-hybridized carbons (Fsp3) is 0.192. The van der Waals surface area contributed by atoms with Crippen LogP contribution in [0.3, 0.4) is 0 Å². The minimum absolute atomic E-state index is 0.0536. The van der Waals surface area contributed by atoms with Crippen molar-refractivity contribution < 1.29 is 9.18 Å². The van der Waals surface area contributed by atoms with Gasteiger partial charge in [-0.3, -0.25) is 14.8 Å². The summed E-state index contributed by atoms with van der Waals surface area (Å²) in [6.07, 6.45) is 0.965. The Balaban J connectivity index is 1.70. The van der Waals surface area contributed by atoms with Gasteiger partial charge in [0.15, 0.2) is 11.6 Å². The highest BCUT2D eigenvalue weighted by Gasteiger charge is 2.42. The van der Waals surface area contributed by atoms with Crippen LogP contribution in [-0.2, 0) is 4.79 Å². The van der Waals surface area contributed by atoms with Gasteiger partial charge in [0, 0.05) is 23.8 Å². The molecule has 164 valence electrons. The zero-order valence-electron chi connectivity index (χ0n) is 18.0. The number of anilines is 1. The highest BCUT2D eigenvalue weighted by Crippen LogP contribution is 2.47. The Morgan fingerprint density at radius 1 is 1.15 bits per heavy atom. The van der Waals surface area contributed by atoms with E-state index in [2.05, 4.69) is 16.3 Å². The summed E-state index contributed by atoms with van der Waals surface area (Å²) in [5.74, 6) is -0.364. The van der Waals surface area contributed by atoms with Crippen molar-refractivity contribution in [2.45, 2.75) is 25.7 Å². The molecule has 1 aromatic heterocycles. The van der Waals surface area contributed by atoms with Crippen molar-refractivity contribution in [3.63, 3.8) is 0 Å². The Kier molecular flexibility index (Phi) is 5.06. The van der Waals surface area contributed by atoms with Gasteiger partial charge in [-0.15, -0.1) is 0 Å². The molecule has 0 saturated heterocycles. The zero-order valence-corrected chi connectivity index (χ0v) is 18.0. The Labute approximate surface area is 190 Å². The Morgan fingerprint density at radius 2 is 1.94 bits per heavy atom. The summed E-state index contributed by atoms with van der Waals surface area (Å²) in [4.78, 5) is 15.0. The third-order valence-electron chi connectivity index (χ3n) is 6.23. The maximum absolute atomic E-state index is 14.1. The van der Waals surface area contributed by atoms with Crippen molar-refractivity contribution in [1.29, 1.82) is 5.26 Å². The predicted molar refractivity (Wildman–Crippen MR) is 123 cm³/mol. The number of nitrogens with one attached hydrogen (secondary N) is 1. The molecule has 1 aliphatic heterocycles. The van der Waals surface area contributed by atoms with E-state index >= 15 is 0 Å². The van der Waals surface area contributed by atoms with Gasteiger partial charge in [-0.25, -0.2) is 4.39 Å². The van der Waals surface area contributed by atoms with E-state index < -0.39 is 11.7 Å². The molecule has 3 N–H and O–H groups in total. The van der Waals surface area contributed by atoms with Crippen molar-refractivity contribution in [2.24, 2.45) is 11.7 Å². The summed E-state index contributed by atoms with van der Waals surface area (Å²) in [6, 6.07) is 19.8. The minimum atomic E-state index is -0.704. The van der Waals surface area contributed by atoms with Crippen LogP contribution in [0.1, 0.15) is 31.2 Å². The number of carbonyl (C=O) groups excluding carboxylic acids is 1. The lowest BCUT2D eigenvalue weighted by atomic mass is 9.73. The molecule has 3 aromatic rings. The molecule has 2 aliphatic rings. The number of carbonyl (C=O) groups is 1. The first-order valence-electron chi connectivity index (χ1n) is 10.8. The number of Topliss-reactive ketones (excluding diaryl/α,β-unsaturated/α-hetero) is 1. The first-order chi connectivity index (χ1) is 16.0. The molecule has 2 atom stereocenters. The topological polar surface area (TPSA) is 98.8 Å². The number of hydrogen-bond donors (Lipinski definition) is 2. The van der Waals surface area contributed by atoms with E-state index in [9.17, 15) is 14.4 Å². The Bertz CT molecular complexity index is 1350. The molecular weight excluding hydrogens is 417 g/mol. The lowest BCUT2D eigenvalue weighted by Gasteiger charge is -2.40. The second kappa shape index (κ2) is 8.06. The lowest BCUT2D eigenvalue weighted by molar-refractivity contribution is -0.117. The van der Waals surface area contributed by atoms with Gasteiger partial charge in [-0.1, -0.05) is 49.4 Å². The maximum atomic E-state index is 14.1. The van der Waals surface area contributed by atoms with E-state index in [4.69, 9.17) is 5.73 Å². The van der Waals surface area contributed by atoms with Gasteiger partial charge in [0.1, 0.15) is 11.6 Å². The maximum Gasteiger partial charge on any atom is 0.161 e. The quantitative estimate of drug-likeness (QED) is 0.613. The molecule has 7 heteroatoms. The molecule has 1 aliphatic carbocycles. The number of halogens is 1. The van der Waals surface area contributed by atoms with Crippen molar-refractivity contribution in [3.05, 3.63) is 94.7 Å². The molecule has 0 fully saturated rings. The average molecular weight is 439 g/mol. The van der Waals surface area contributed by atoms with E-state index in [1.54, 1.807) is 17.0 Å². The van der Waals surface area contributed by atoms with Crippen LogP contribution >= 0.6 is 0 Å². The summed E-state index contributed by atoms with van der Waals surface area (Å²) in [5, 5.41) is 17.6. The largest absolute Gasteiger partial charge is 0.384 e. The fourth-order valence-corrected chi connectivity index (χ4v) is 4.79. The highest BCUT2D eigenvalue weighted by molar-refractivity contribution is 6.01. The number of nitrogens with two attached hydrogens (primary N) is 1. The highest BCUT2D eigenvalue weighted by atomic mass is 19.1. The van der Waals surface area contributed by atoms with Crippen LogP contribution in [0.25, 0.3) is 11.3 Å². The van der Waals surface area contributed by atoms with Crippen LogP contribution in [0.15, 0.2) is 83.3 Å². The third-order valence-corrected chi connectivity index (χ3v) is 6.23. The summed E-state index contributed by atoms with van der Waals surface area (Å²) >= 11 is 0. The predicted octanol–water partition coefficient (Wildman–Crippen LogP) is 4.77. The van der Waals surface area contributed by atoms with Crippen LogP contribution in [0.4, 0.5) is 10.2 Å². The Morgan fingerprint density at radius 3 is 2.67 bits per heavy atom. The van der Waals surface area contributed by atoms with E-state index in [-0.39, 0.29) is 23.1 Å². The van der Waals surface area contributed by atoms with Gasteiger partial charge in [-0.05, 0) is 35.6 Å². The van der Waals surface area contributed by atoms with Gasteiger partial charge in [0.05, 0.1) is 23.3 Å². The summed E-state index contributed by atoms with van der Waals surface area (Å²) < 4.78 is 14.1. The standard InChI is InChI=1S/C26H22FN5O/c1-15-10-21-25(22(33)11-15)24(17-8-5-9-18(27)12-17)19(14-28)26(29)32(21)23-13-20(30-31-23)16-6-3-2-4-7-16/h2-9,12-13,15,24H,10-11,29H2,1H3,(H,30,31). The second-order valence-electron chi connectivity index (χ2n) is 8.54. The number of allylic oxidation sites excluding steroid dienone is 3. The van der Waals surface area contributed by atoms with Crippen molar-refractivity contribution in [1.82, 2.24) is 10.2 Å². The molecule has 2 aromatic carbocycles. The van der Waals surface area contributed by atoms with E-state index in [0.717, 1.165) is 17.0 Å². The van der Waals surface area contributed by atoms with Gasteiger partial charge in [-0.2, -0.15) is 10.4 Å². The van der Waals surface area contributed by atoms with Gasteiger partial charge in [0.25, 0.3) is 0 Å². The van der Waals surface area contributed by atoms with Crippen LogP contribution in [-0.4, -0.2) is 16.0 Å². The van der Waals surface area contributed by atoms with Gasteiger partial charge < -0.3 is 5.73 Å². The van der Waals surface area contributed by atoms with E-state index in [1.807, 2.05) is 43.3 Å². The first-order valence-corrected chi connectivity index (χ1v) is 10.8. The van der Waals surface area contributed by atoms with Crippen LogP contribution in [0.5, 0.6) is 0 Å².